The predicted octanol–water partition coefficient (Wildman–Crippen LogP) is 10.1. The zero-order chi connectivity index (χ0) is 53.3. The van der Waals surface area contributed by atoms with Gasteiger partial charge in [0, 0.05) is 43.1 Å². The number of piperidine rings is 1. The van der Waals surface area contributed by atoms with Gasteiger partial charge in [0.1, 0.15) is 23.4 Å². The number of imidazole rings is 1. The van der Waals surface area contributed by atoms with Gasteiger partial charge in [-0.25, -0.2) is 4.98 Å². The second-order valence-electron chi connectivity index (χ2n) is 21.4. The first kappa shape index (κ1) is 56.7. The number of hydrogen-bond donors (Lipinski definition) is 2. The van der Waals surface area contributed by atoms with Crippen molar-refractivity contribution in [1.29, 1.82) is 0 Å². The summed E-state index contributed by atoms with van der Waals surface area (Å²) in [5.74, 6) is -1.34. The van der Waals surface area contributed by atoms with Gasteiger partial charge in [-0.05, 0) is 124 Å². The molecule has 1 aliphatic heterocycles. The number of carbonyl (C=O) groups excluding carboxylic acids is 3. The average Bonchev–Trinajstić information content (AvgIpc) is 3.70. The summed E-state index contributed by atoms with van der Waals surface area (Å²) in [6.45, 7) is 13.6. The molecule has 3 heterocycles. The molecule has 4 atom stereocenters. The number of nitrogens with zero attached hydrogens (tertiary/aromatic N) is 6. The zero-order valence-electron chi connectivity index (χ0n) is 44.1. The standard InChI is InChI=1S/C56H73Cl2N7O7Si/c1-38(17-20-41-21-24-44(58)31-49(41)72-45-25-26-46(59-33-45)48-34-60-50(63(48)7)35-62(5)6)52(68)61-47(36-71-73(9,10)55(2,3)4)54(70)64(8)56(32-40-18-22-43(57)23-19-40)27-14-28-65(37-56)53(69)42(30-51(66)67)29-39-15-12-11-13-16-39/h11-13,15-16,18-19,21-26,31,33-34,38,42,47H,14,17,20,27-30,32,35-37H2,1-10H3,(H,61,68)(H,66,67)/t38-,42-,47+,56-/m1/s1. The van der Waals surface area contributed by atoms with Gasteiger partial charge in [-0.1, -0.05) is 99.4 Å². The maximum absolute atomic E-state index is 15.3. The number of amides is 3. The van der Waals surface area contributed by atoms with E-state index in [-0.39, 0.29) is 48.8 Å². The van der Waals surface area contributed by atoms with Crippen molar-refractivity contribution in [3.05, 3.63) is 130 Å². The van der Waals surface area contributed by atoms with E-state index in [2.05, 4.69) is 54.0 Å². The Morgan fingerprint density at radius 1 is 0.918 bits per heavy atom. The first-order valence-corrected chi connectivity index (χ1v) is 28.7. The molecule has 17 heteroatoms. The maximum Gasteiger partial charge on any atom is 0.304 e. The van der Waals surface area contributed by atoms with Crippen LogP contribution in [0.5, 0.6) is 11.5 Å². The van der Waals surface area contributed by atoms with E-state index >= 15 is 4.79 Å². The second-order valence-corrected chi connectivity index (χ2v) is 27.1. The highest BCUT2D eigenvalue weighted by Crippen LogP contribution is 2.38. The number of aryl methyl sites for hydroxylation is 1. The Labute approximate surface area is 442 Å². The maximum atomic E-state index is 15.3. The smallest absolute Gasteiger partial charge is 0.304 e. The Balaban J connectivity index is 1.22. The van der Waals surface area contributed by atoms with Gasteiger partial charge >= 0.3 is 5.97 Å². The van der Waals surface area contributed by atoms with Crippen molar-refractivity contribution in [3.8, 4) is 22.9 Å². The SMILES string of the molecule is C[C@H](CCc1ccc(Cl)cc1Oc1ccc(-c2cnc(CN(C)C)n2C)nc1)C(=O)N[C@@H](CO[Si](C)(C)C(C)(C)C)C(=O)N(C)[C@@]1(Cc2ccc(Cl)cc2)CCCN(C(=O)[C@@H](CC(=O)O)Cc2ccccc2)C1. The highest BCUT2D eigenvalue weighted by Gasteiger charge is 2.46. The van der Waals surface area contributed by atoms with Crippen molar-refractivity contribution in [2.45, 2.75) is 109 Å². The number of carboxylic acid groups (broad SMARTS) is 1. The minimum Gasteiger partial charge on any atom is -0.481 e. The predicted molar refractivity (Wildman–Crippen MR) is 290 cm³/mol. The number of benzene rings is 3. The molecule has 3 amide bonds. The summed E-state index contributed by atoms with van der Waals surface area (Å²) in [5.41, 5.74) is 3.33. The number of likely N-dealkylation sites (N-methyl/N-ethyl adjacent to an activating group) is 1. The molecular formula is C56H73Cl2N7O7Si. The van der Waals surface area contributed by atoms with Crippen molar-refractivity contribution in [2.24, 2.45) is 18.9 Å². The summed E-state index contributed by atoms with van der Waals surface area (Å²) in [5, 5.41) is 14.0. The van der Waals surface area contributed by atoms with E-state index in [1.165, 1.54) is 0 Å². The van der Waals surface area contributed by atoms with Gasteiger partial charge in [0.05, 0.1) is 54.8 Å². The van der Waals surface area contributed by atoms with Crippen LogP contribution in [0, 0.1) is 11.8 Å². The van der Waals surface area contributed by atoms with E-state index in [1.807, 2.05) is 99.5 Å². The average molecular weight is 1060 g/mol. The third kappa shape index (κ3) is 15.0. The number of rotatable bonds is 22. The van der Waals surface area contributed by atoms with Gasteiger partial charge in [0.25, 0.3) is 0 Å². The third-order valence-electron chi connectivity index (χ3n) is 14.6. The lowest BCUT2D eigenvalue weighted by atomic mass is 9.80. The van der Waals surface area contributed by atoms with E-state index in [0.717, 1.165) is 33.9 Å². The Hall–Kier alpha value is -5.58. The Morgan fingerprint density at radius 2 is 1.62 bits per heavy atom. The van der Waals surface area contributed by atoms with Crippen LogP contribution in [-0.4, -0.2) is 119 Å². The van der Waals surface area contributed by atoms with E-state index < -0.39 is 37.7 Å². The number of carboxylic acids is 1. The molecule has 2 aromatic heterocycles. The molecule has 1 saturated heterocycles. The number of aromatic nitrogens is 3. The minimum absolute atomic E-state index is 0.0462. The second kappa shape index (κ2) is 24.6. The molecular weight excluding hydrogens is 982 g/mol. The minimum atomic E-state index is -2.44. The van der Waals surface area contributed by atoms with Gasteiger partial charge in [0.2, 0.25) is 17.7 Å². The first-order valence-electron chi connectivity index (χ1n) is 25.0. The number of ether oxygens (including phenoxy) is 1. The molecule has 14 nitrogen and oxygen atoms in total. The van der Waals surface area contributed by atoms with Crippen LogP contribution in [0.15, 0.2) is 97.3 Å². The molecule has 6 rings (SSSR count). The zero-order valence-corrected chi connectivity index (χ0v) is 46.6. The Kier molecular flexibility index (Phi) is 19.1. The summed E-state index contributed by atoms with van der Waals surface area (Å²) >= 11 is 12.8. The summed E-state index contributed by atoms with van der Waals surface area (Å²) in [7, 11) is 5.28. The normalized spacial score (nSPS) is 16.4. The molecule has 2 N–H and O–H groups in total. The van der Waals surface area contributed by atoms with Crippen molar-refractivity contribution >= 4 is 55.2 Å². The molecule has 3 aromatic carbocycles. The number of hydrogen-bond acceptors (Lipinski definition) is 9. The van der Waals surface area contributed by atoms with E-state index in [0.29, 0.717) is 66.7 Å². The highest BCUT2D eigenvalue weighted by molar-refractivity contribution is 6.74. The summed E-state index contributed by atoms with van der Waals surface area (Å²) < 4.78 is 15.1. The van der Waals surface area contributed by atoms with Crippen molar-refractivity contribution < 1.29 is 33.4 Å². The first-order chi connectivity index (χ1) is 34.4. The molecule has 0 saturated carbocycles. The van der Waals surface area contributed by atoms with Gasteiger partial charge in [0.15, 0.2) is 8.32 Å². The highest BCUT2D eigenvalue weighted by atomic mass is 35.5. The molecule has 0 aliphatic carbocycles. The fourth-order valence-corrected chi connectivity index (χ4v) is 10.4. The summed E-state index contributed by atoms with van der Waals surface area (Å²) in [4.78, 5) is 71.1. The lowest BCUT2D eigenvalue weighted by Gasteiger charge is -2.50. The quantitative estimate of drug-likeness (QED) is 0.0639. The van der Waals surface area contributed by atoms with Gasteiger partial charge in [-0.3, -0.25) is 24.2 Å². The molecule has 0 unspecified atom stereocenters. The van der Waals surface area contributed by atoms with Gasteiger partial charge in [-0.2, -0.15) is 0 Å². The summed E-state index contributed by atoms with van der Waals surface area (Å²) in [6.07, 6.45) is 5.81. The van der Waals surface area contributed by atoms with E-state index in [4.69, 9.17) is 32.4 Å². The van der Waals surface area contributed by atoms with Crippen LogP contribution in [0.25, 0.3) is 11.4 Å². The van der Waals surface area contributed by atoms with E-state index in [1.54, 1.807) is 47.3 Å². The Bertz CT molecular complexity index is 2680. The molecule has 0 spiro atoms. The van der Waals surface area contributed by atoms with Crippen LogP contribution in [0.1, 0.15) is 75.9 Å². The molecule has 0 bridgehead atoms. The van der Waals surface area contributed by atoms with Crippen LogP contribution in [0.3, 0.4) is 0 Å². The molecule has 73 heavy (non-hydrogen) atoms. The fraction of sp³-hybridized carbons (Fsp3) is 0.464. The molecule has 5 aromatic rings. The molecule has 1 aliphatic rings. The summed E-state index contributed by atoms with van der Waals surface area (Å²) in [6, 6.07) is 25.0. The lowest BCUT2D eigenvalue weighted by molar-refractivity contribution is -0.151. The monoisotopic (exact) mass is 1050 g/mol. The third-order valence-corrected chi connectivity index (χ3v) is 19.6. The largest absolute Gasteiger partial charge is 0.481 e. The molecule has 1 fully saturated rings. The van der Waals surface area contributed by atoms with Crippen LogP contribution in [0.2, 0.25) is 28.2 Å². The lowest BCUT2D eigenvalue weighted by Crippen LogP contribution is -2.65. The number of pyridine rings is 1. The van der Waals surface area contributed by atoms with Crippen LogP contribution < -0.4 is 10.1 Å². The van der Waals surface area contributed by atoms with Crippen molar-refractivity contribution in [2.75, 3.05) is 40.8 Å². The number of aliphatic carboxylic acids is 1. The van der Waals surface area contributed by atoms with Crippen molar-refractivity contribution in [1.82, 2.24) is 34.6 Å². The topological polar surface area (TPSA) is 159 Å². The van der Waals surface area contributed by atoms with Crippen molar-refractivity contribution in [3.63, 3.8) is 0 Å². The number of carbonyl (C=O) groups is 4. The van der Waals surface area contributed by atoms with E-state index in [9.17, 15) is 19.5 Å². The van der Waals surface area contributed by atoms with Gasteiger partial charge < -0.3 is 38.9 Å². The number of halogens is 2. The van der Waals surface area contributed by atoms with Crippen LogP contribution >= 0.6 is 23.2 Å². The number of likely N-dealkylation sites (tertiary alicyclic amines) is 1. The fourth-order valence-electron chi connectivity index (χ4n) is 9.07. The van der Waals surface area contributed by atoms with Crippen LogP contribution in [0.4, 0.5) is 0 Å². The van der Waals surface area contributed by atoms with Crippen LogP contribution in [-0.2, 0) is 56.5 Å². The molecule has 392 valence electrons. The number of nitrogens with one attached hydrogen (secondary N) is 1. The Morgan fingerprint density at radius 3 is 2.26 bits per heavy atom. The molecule has 0 radical (unpaired) electrons. The van der Waals surface area contributed by atoms with Gasteiger partial charge in [-0.15, -0.1) is 0 Å².